The first-order valence-electron chi connectivity index (χ1n) is 6.31. The average molecular weight is 255 g/mol. The van der Waals surface area contributed by atoms with Crippen molar-refractivity contribution in [3.05, 3.63) is 59.7 Å². The number of rotatable bonds is 4. The summed E-state index contributed by atoms with van der Waals surface area (Å²) in [6.07, 6.45) is 1.90. The van der Waals surface area contributed by atoms with Gasteiger partial charge in [-0.15, -0.1) is 0 Å². The summed E-state index contributed by atoms with van der Waals surface area (Å²) in [6, 6.07) is 14.5. The van der Waals surface area contributed by atoms with Crippen LogP contribution in [0.4, 0.5) is 5.69 Å². The van der Waals surface area contributed by atoms with Crippen molar-refractivity contribution in [2.45, 2.75) is 19.4 Å². The zero-order chi connectivity index (χ0) is 13.7. The van der Waals surface area contributed by atoms with Crippen LogP contribution in [0.15, 0.2) is 53.5 Å². The molecule has 2 aromatic carbocycles. The van der Waals surface area contributed by atoms with Crippen LogP contribution < -0.4 is 0 Å². The lowest BCUT2D eigenvalue weighted by Gasteiger charge is -2.07. The van der Waals surface area contributed by atoms with E-state index in [1.165, 1.54) is 0 Å². The van der Waals surface area contributed by atoms with Crippen molar-refractivity contribution in [1.82, 2.24) is 0 Å². The van der Waals surface area contributed by atoms with Crippen LogP contribution in [0.1, 0.15) is 30.6 Å². The van der Waals surface area contributed by atoms with Crippen molar-refractivity contribution in [2.75, 3.05) is 0 Å². The summed E-state index contributed by atoms with van der Waals surface area (Å²) in [4.78, 5) is 4.30. The highest BCUT2D eigenvalue weighted by Crippen LogP contribution is 2.21. The second kappa shape index (κ2) is 6.16. The molecule has 0 aromatic heterocycles. The number of benzene rings is 2. The Morgan fingerprint density at radius 2 is 1.79 bits per heavy atom. The lowest BCUT2D eigenvalue weighted by atomic mass is 10.1. The van der Waals surface area contributed by atoms with Crippen LogP contribution in [0.2, 0.25) is 0 Å². The van der Waals surface area contributed by atoms with Gasteiger partial charge in [0.25, 0.3) is 0 Å². The van der Waals surface area contributed by atoms with E-state index in [0.29, 0.717) is 12.0 Å². The average Bonchev–Trinajstić information content (AvgIpc) is 2.46. The van der Waals surface area contributed by atoms with Gasteiger partial charge in [0, 0.05) is 11.8 Å². The number of aliphatic hydroxyl groups excluding tert-OH is 1. The molecule has 98 valence electrons. The molecule has 3 nitrogen and oxygen atoms in total. The first-order chi connectivity index (χ1) is 9.20. The smallest absolute Gasteiger partial charge is 0.124 e. The molecule has 0 bridgehead atoms. The molecule has 19 heavy (non-hydrogen) atoms. The Kier molecular flexibility index (Phi) is 4.31. The van der Waals surface area contributed by atoms with Crippen LogP contribution in [-0.4, -0.2) is 16.4 Å². The van der Waals surface area contributed by atoms with Gasteiger partial charge in [0.2, 0.25) is 0 Å². The molecule has 2 rings (SSSR count). The molecule has 0 amide bonds. The molecular weight excluding hydrogens is 238 g/mol. The first-order valence-corrected chi connectivity index (χ1v) is 6.31. The van der Waals surface area contributed by atoms with Crippen molar-refractivity contribution in [1.29, 1.82) is 0 Å². The molecule has 0 heterocycles. The molecule has 0 aliphatic heterocycles. The maximum Gasteiger partial charge on any atom is 0.124 e. The van der Waals surface area contributed by atoms with Crippen molar-refractivity contribution in [2.24, 2.45) is 4.99 Å². The van der Waals surface area contributed by atoms with Crippen molar-refractivity contribution >= 4 is 11.9 Å². The zero-order valence-corrected chi connectivity index (χ0v) is 10.8. The van der Waals surface area contributed by atoms with Crippen LogP contribution in [0, 0.1) is 0 Å². The fourth-order valence-electron chi connectivity index (χ4n) is 1.76. The summed E-state index contributed by atoms with van der Waals surface area (Å²) in [6.45, 7) is 1.94. The number of hydrogen-bond acceptors (Lipinski definition) is 3. The molecule has 0 fully saturated rings. The standard InChI is InChI=1S/C16H17NO2/c1-2-15(18)12-7-9-14(10-8-12)17-11-13-5-3-4-6-16(13)19/h3-11,15,18-19H,2H2,1H3. The number of aliphatic imine (C=N–C) groups is 1. The Hall–Kier alpha value is -2.13. The van der Waals surface area contributed by atoms with E-state index in [4.69, 9.17) is 0 Å². The summed E-state index contributed by atoms with van der Waals surface area (Å²) in [5.74, 6) is 0.212. The topological polar surface area (TPSA) is 52.8 Å². The van der Waals surface area contributed by atoms with E-state index in [0.717, 1.165) is 11.3 Å². The lowest BCUT2D eigenvalue weighted by Crippen LogP contribution is -1.93. The number of para-hydroxylation sites is 1. The Morgan fingerprint density at radius 3 is 2.42 bits per heavy atom. The third-order valence-electron chi connectivity index (χ3n) is 2.95. The van der Waals surface area contributed by atoms with Crippen LogP contribution in [0.5, 0.6) is 5.75 Å². The van der Waals surface area contributed by atoms with Gasteiger partial charge in [-0.2, -0.15) is 0 Å². The van der Waals surface area contributed by atoms with Gasteiger partial charge in [0.05, 0.1) is 11.8 Å². The molecular formula is C16H17NO2. The Bertz CT molecular complexity index is 561. The number of nitrogens with zero attached hydrogens (tertiary/aromatic N) is 1. The van der Waals surface area contributed by atoms with E-state index in [9.17, 15) is 10.2 Å². The molecule has 0 aliphatic rings. The van der Waals surface area contributed by atoms with E-state index >= 15 is 0 Å². The van der Waals surface area contributed by atoms with Gasteiger partial charge in [-0.1, -0.05) is 31.2 Å². The Labute approximate surface area is 112 Å². The van der Waals surface area contributed by atoms with Crippen LogP contribution in [0.3, 0.4) is 0 Å². The van der Waals surface area contributed by atoms with Gasteiger partial charge in [-0.25, -0.2) is 0 Å². The highest BCUT2D eigenvalue weighted by atomic mass is 16.3. The largest absolute Gasteiger partial charge is 0.507 e. The van der Waals surface area contributed by atoms with Crippen LogP contribution in [-0.2, 0) is 0 Å². The van der Waals surface area contributed by atoms with E-state index in [-0.39, 0.29) is 5.75 Å². The quantitative estimate of drug-likeness (QED) is 0.820. The number of aromatic hydroxyl groups is 1. The fourth-order valence-corrected chi connectivity index (χ4v) is 1.76. The molecule has 0 aliphatic carbocycles. The molecule has 3 heteroatoms. The Balaban J connectivity index is 2.14. The summed E-state index contributed by atoms with van der Waals surface area (Å²) in [5, 5.41) is 19.3. The summed E-state index contributed by atoms with van der Waals surface area (Å²) in [7, 11) is 0. The second-order valence-electron chi connectivity index (χ2n) is 4.33. The van der Waals surface area contributed by atoms with E-state index in [1.807, 2.05) is 37.3 Å². The first kappa shape index (κ1) is 13.3. The minimum Gasteiger partial charge on any atom is -0.507 e. The van der Waals surface area contributed by atoms with Crippen molar-refractivity contribution < 1.29 is 10.2 Å². The van der Waals surface area contributed by atoms with Gasteiger partial charge >= 0.3 is 0 Å². The molecule has 0 saturated carbocycles. The highest BCUT2D eigenvalue weighted by Gasteiger charge is 2.03. The summed E-state index contributed by atoms with van der Waals surface area (Å²) < 4.78 is 0. The van der Waals surface area contributed by atoms with Gasteiger partial charge < -0.3 is 10.2 Å². The van der Waals surface area contributed by atoms with E-state index < -0.39 is 6.10 Å². The SMILES string of the molecule is CCC(O)c1ccc(N=Cc2ccccc2O)cc1. The van der Waals surface area contributed by atoms with Gasteiger partial charge in [0.15, 0.2) is 0 Å². The monoisotopic (exact) mass is 255 g/mol. The van der Waals surface area contributed by atoms with Crippen LogP contribution in [0.25, 0.3) is 0 Å². The molecule has 1 unspecified atom stereocenters. The predicted molar refractivity (Wildman–Crippen MR) is 77.1 cm³/mol. The number of hydrogen-bond donors (Lipinski definition) is 2. The molecule has 0 saturated heterocycles. The maximum absolute atomic E-state index is 9.69. The van der Waals surface area contributed by atoms with Gasteiger partial charge in [-0.3, -0.25) is 4.99 Å². The summed E-state index contributed by atoms with van der Waals surface area (Å²) in [5.41, 5.74) is 2.36. The Morgan fingerprint density at radius 1 is 1.11 bits per heavy atom. The minimum absolute atomic E-state index is 0.212. The number of aliphatic hydroxyl groups is 1. The molecule has 0 radical (unpaired) electrons. The lowest BCUT2D eigenvalue weighted by molar-refractivity contribution is 0.173. The minimum atomic E-state index is -0.420. The van der Waals surface area contributed by atoms with Crippen molar-refractivity contribution in [3.63, 3.8) is 0 Å². The van der Waals surface area contributed by atoms with E-state index in [1.54, 1.807) is 24.4 Å². The normalized spacial score (nSPS) is 12.7. The summed E-state index contributed by atoms with van der Waals surface area (Å²) >= 11 is 0. The third-order valence-corrected chi connectivity index (χ3v) is 2.95. The molecule has 1 atom stereocenters. The number of phenols is 1. The van der Waals surface area contributed by atoms with Crippen molar-refractivity contribution in [3.8, 4) is 5.75 Å². The predicted octanol–water partition coefficient (Wildman–Crippen LogP) is 3.59. The van der Waals surface area contributed by atoms with Gasteiger partial charge in [-0.05, 0) is 36.2 Å². The maximum atomic E-state index is 9.69. The molecule has 0 spiro atoms. The van der Waals surface area contributed by atoms with Crippen LogP contribution >= 0.6 is 0 Å². The fraction of sp³-hybridized carbons (Fsp3) is 0.188. The second-order valence-corrected chi connectivity index (χ2v) is 4.33. The number of phenolic OH excluding ortho intramolecular Hbond substituents is 1. The van der Waals surface area contributed by atoms with E-state index in [2.05, 4.69) is 4.99 Å². The third kappa shape index (κ3) is 3.42. The molecule has 2 aromatic rings. The zero-order valence-electron chi connectivity index (χ0n) is 10.8. The molecule has 2 N–H and O–H groups in total. The van der Waals surface area contributed by atoms with Gasteiger partial charge in [0.1, 0.15) is 5.75 Å². The highest BCUT2D eigenvalue weighted by molar-refractivity contribution is 5.85.